The third-order valence-electron chi connectivity index (χ3n) is 2.51. The summed E-state index contributed by atoms with van der Waals surface area (Å²) in [6, 6.07) is 13.2. The van der Waals surface area contributed by atoms with E-state index in [0.717, 1.165) is 0 Å². The minimum atomic E-state index is 0.00723. The Labute approximate surface area is 127 Å². The standard InChI is InChI=1S/C15H15N5O2/c16-15(19-17-9-11-3-1-5-13(21)7-11)20-18-10-12-4-2-6-14(22)8-12/h1-10,21-22H,(H3,16,19,20)/b17-9+,18-10+. The number of nitrogens with zero attached hydrogens (tertiary/aromatic N) is 3. The molecule has 0 aliphatic rings. The minimum Gasteiger partial charge on any atom is -0.508 e. The highest BCUT2D eigenvalue weighted by atomic mass is 16.3. The molecule has 2 aromatic rings. The van der Waals surface area contributed by atoms with Crippen LogP contribution in [-0.4, -0.2) is 28.6 Å². The average Bonchev–Trinajstić information content (AvgIpc) is 2.47. The van der Waals surface area contributed by atoms with Gasteiger partial charge in [0.2, 0.25) is 5.96 Å². The summed E-state index contributed by atoms with van der Waals surface area (Å²) in [4.78, 5) is 0. The van der Waals surface area contributed by atoms with Crippen LogP contribution in [0.25, 0.3) is 0 Å². The molecule has 0 radical (unpaired) electrons. The molecule has 0 heterocycles. The fraction of sp³-hybridized carbons (Fsp3) is 0. The maximum Gasteiger partial charge on any atom is 0.234 e. The summed E-state index contributed by atoms with van der Waals surface area (Å²) in [5.74, 6) is 0.309. The lowest BCUT2D eigenvalue weighted by Gasteiger charge is -1.97. The number of hydrogen-bond acceptors (Lipinski definition) is 5. The van der Waals surface area contributed by atoms with Crippen molar-refractivity contribution in [3.05, 3.63) is 59.7 Å². The van der Waals surface area contributed by atoms with Gasteiger partial charge in [0.05, 0.1) is 12.4 Å². The van der Waals surface area contributed by atoms with E-state index in [1.807, 2.05) is 0 Å². The maximum atomic E-state index is 9.30. The van der Waals surface area contributed by atoms with Crippen LogP contribution in [0.4, 0.5) is 0 Å². The predicted octanol–water partition coefficient (Wildman–Crippen LogP) is 1.37. The molecule has 0 aliphatic heterocycles. The van der Waals surface area contributed by atoms with Gasteiger partial charge in [0, 0.05) is 0 Å². The first kappa shape index (κ1) is 15.0. The number of hydrogen-bond donors (Lipinski definition) is 4. The van der Waals surface area contributed by atoms with Gasteiger partial charge in [-0.3, -0.25) is 0 Å². The Morgan fingerprint density at radius 2 is 1.55 bits per heavy atom. The molecule has 0 saturated carbocycles. The van der Waals surface area contributed by atoms with Crippen LogP contribution < -0.4 is 11.2 Å². The van der Waals surface area contributed by atoms with Gasteiger partial charge in [0.25, 0.3) is 0 Å². The summed E-state index contributed by atoms with van der Waals surface area (Å²) in [7, 11) is 0. The summed E-state index contributed by atoms with van der Waals surface area (Å²) < 4.78 is 0. The van der Waals surface area contributed by atoms with Crippen LogP contribution in [0.1, 0.15) is 11.1 Å². The number of rotatable bonds is 4. The monoisotopic (exact) mass is 297 g/mol. The number of nitrogens with one attached hydrogen (secondary N) is 1. The SMILES string of the molecule is NC(=N/N=C/c1cccc(O)c1)N/N=C/c1cccc(O)c1. The van der Waals surface area contributed by atoms with Crippen LogP contribution in [0, 0.1) is 0 Å². The van der Waals surface area contributed by atoms with Crippen molar-refractivity contribution < 1.29 is 10.2 Å². The molecule has 0 fully saturated rings. The van der Waals surface area contributed by atoms with Crippen LogP contribution in [0.15, 0.2) is 63.8 Å². The highest BCUT2D eigenvalue weighted by molar-refractivity contribution is 5.84. The third kappa shape index (κ3) is 4.97. The van der Waals surface area contributed by atoms with Gasteiger partial charge >= 0.3 is 0 Å². The number of guanidine groups is 1. The van der Waals surface area contributed by atoms with Crippen molar-refractivity contribution in [2.24, 2.45) is 21.0 Å². The van der Waals surface area contributed by atoms with Gasteiger partial charge in [-0.2, -0.15) is 10.2 Å². The second kappa shape index (κ2) is 7.44. The van der Waals surface area contributed by atoms with Crippen molar-refractivity contribution in [3.8, 4) is 11.5 Å². The Hall–Kier alpha value is -3.35. The molecule has 0 aliphatic carbocycles. The van der Waals surface area contributed by atoms with E-state index in [2.05, 4.69) is 20.7 Å². The topological polar surface area (TPSA) is 116 Å². The van der Waals surface area contributed by atoms with Crippen molar-refractivity contribution in [1.29, 1.82) is 0 Å². The molecule has 0 unspecified atom stereocenters. The van der Waals surface area contributed by atoms with E-state index < -0.39 is 0 Å². The van der Waals surface area contributed by atoms with Crippen molar-refractivity contribution in [1.82, 2.24) is 5.43 Å². The Bertz CT molecular complexity index is 725. The molecule has 5 N–H and O–H groups in total. The van der Waals surface area contributed by atoms with Crippen LogP contribution in [0.2, 0.25) is 0 Å². The lowest BCUT2D eigenvalue weighted by Crippen LogP contribution is -2.26. The molecular weight excluding hydrogens is 282 g/mol. The number of benzene rings is 2. The van der Waals surface area contributed by atoms with Gasteiger partial charge < -0.3 is 15.9 Å². The fourth-order valence-corrected chi connectivity index (χ4v) is 1.56. The predicted molar refractivity (Wildman–Crippen MR) is 86.2 cm³/mol. The van der Waals surface area contributed by atoms with E-state index in [4.69, 9.17) is 5.73 Å². The quantitative estimate of drug-likeness (QED) is 0.387. The molecule has 112 valence electrons. The molecule has 0 spiro atoms. The second-order valence-electron chi connectivity index (χ2n) is 4.29. The molecule has 22 heavy (non-hydrogen) atoms. The second-order valence-corrected chi connectivity index (χ2v) is 4.29. The van der Waals surface area contributed by atoms with E-state index in [1.54, 1.807) is 48.5 Å². The van der Waals surface area contributed by atoms with Crippen LogP contribution in [-0.2, 0) is 0 Å². The Kier molecular flexibility index (Phi) is 5.09. The Morgan fingerprint density at radius 3 is 2.14 bits per heavy atom. The van der Waals surface area contributed by atoms with Gasteiger partial charge in [-0.15, -0.1) is 5.10 Å². The summed E-state index contributed by atoms with van der Waals surface area (Å²) in [5.41, 5.74) is 9.48. The van der Waals surface area contributed by atoms with Crippen molar-refractivity contribution in [3.63, 3.8) is 0 Å². The van der Waals surface area contributed by atoms with Crippen molar-refractivity contribution in [2.45, 2.75) is 0 Å². The first-order valence-corrected chi connectivity index (χ1v) is 6.37. The zero-order chi connectivity index (χ0) is 15.8. The first-order valence-electron chi connectivity index (χ1n) is 6.37. The fourth-order valence-electron chi connectivity index (χ4n) is 1.56. The number of nitrogens with two attached hydrogens (primary N) is 1. The zero-order valence-electron chi connectivity index (χ0n) is 11.6. The van der Waals surface area contributed by atoms with Gasteiger partial charge in [0.15, 0.2) is 0 Å². The van der Waals surface area contributed by atoms with Crippen LogP contribution in [0.3, 0.4) is 0 Å². The molecule has 2 aromatic carbocycles. The minimum absolute atomic E-state index is 0.00723. The summed E-state index contributed by atoms with van der Waals surface area (Å²) in [6.45, 7) is 0. The molecule has 7 nitrogen and oxygen atoms in total. The number of aromatic hydroxyl groups is 2. The molecule has 2 rings (SSSR count). The summed E-state index contributed by atoms with van der Waals surface area (Å²) in [5, 5.41) is 29.9. The smallest absolute Gasteiger partial charge is 0.234 e. The largest absolute Gasteiger partial charge is 0.508 e. The van der Waals surface area contributed by atoms with Gasteiger partial charge in [-0.1, -0.05) is 24.3 Å². The van der Waals surface area contributed by atoms with Gasteiger partial charge in [-0.25, -0.2) is 5.43 Å². The lowest BCUT2D eigenvalue weighted by atomic mass is 10.2. The highest BCUT2D eigenvalue weighted by Crippen LogP contribution is 2.09. The van der Waals surface area contributed by atoms with Gasteiger partial charge in [0.1, 0.15) is 11.5 Å². The van der Waals surface area contributed by atoms with E-state index in [-0.39, 0.29) is 17.5 Å². The van der Waals surface area contributed by atoms with Crippen molar-refractivity contribution in [2.75, 3.05) is 0 Å². The molecular formula is C15H15N5O2. The number of hydrazone groups is 1. The average molecular weight is 297 g/mol. The third-order valence-corrected chi connectivity index (χ3v) is 2.51. The normalized spacial score (nSPS) is 12.1. The van der Waals surface area contributed by atoms with Gasteiger partial charge in [-0.05, 0) is 35.4 Å². The van der Waals surface area contributed by atoms with E-state index >= 15 is 0 Å². The molecule has 7 heteroatoms. The van der Waals surface area contributed by atoms with E-state index in [0.29, 0.717) is 11.1 Å². The molecule has 0 atom stereocenters. The van der Waals surface area contributed by atoms with Crippen LogP contribution in [0.5, 0.6) is 11.5 Å². The van der Waals surface area contributed by atoms with Crippen molar-refractivity contribution >= 4 is 18.4 Å². The molecule has 0 saturated heterocycles. The summed E-state index contributed by atoms with van der Waals surface area (Å²) in [6.07, 6.45) is 2.94. The number of phenols is 2. The lowest BCUT2D eigenvalue weighted by molar-refractivity contribution is 0.474. The Balaban J connectivity index is 1.90. The summed E-state index contributed by atoms with van der Waals surface area (Å²) >= 11 is 0. The maximum absolute atomic E-state index is 9.30. The highest BCUT2D eigenvalue weighted by Gasteiger charge is 1.91. The van der Waals surface area contributed by atoms with E-state index in [9.17, 15) is 10.2 Å². The van der Waals surface area contributed by atoms with E-state index in [1.165, 1.54) is 12.4 Å². The van der Waals surface area contributed by atoms with Crippen LogP contribution >= 0.6 is 0 Å². The Morgan fingerprint density at radius 1 is 0.955 bits per heavy atom. The first-order chi connectivity index (χ1) is 10.6. The molecule has 0 bridgehead atoms. The molecule has 0 aromatic heterocycles. The zero-order valence-corrected chi connectivity index (χ0v) is 11.6. The number of phenolic OH excluding ortho intramolecular Hbond substituents is 2. The molecule has 0 amide bonds.